The number of rotatable bonds is 3. The van der Waals surface area contributed by atoms with E-state index in [1.54, 1.807) is 12.7 Å². The molecule has 100 valence electrons. The van der Waals surface area contributed by atoms with Crippen molar-refractivity contribution in [2.24, 2.45) is 5.92 Å². The van der Waals surface area contributed by atoms with Crippen LogP contribution in [0.3, 0.4) is 0 Å². The molecule has 0 saturated heterocycles. The summed E-state index contributed by atoms with van der Waals surface area (Å²) in [5, 5.41) is 10.6. The van der Waals surface area contributed by atoms with E-state index in [0.29, 0.717) is 0 Å². The molecule has 1 N–H and O–H groups in total. The number of benzene rings is 1. The van der Waals surface area contributed by atoms with Gasteiger partial charge in [0.1, 0.15) is 12.7 Å². The third kappa shape index (κ3) is 2.81. The van der Waals surface area contributed by atoms with Crippen molar-refractivity contribution in [1.82, 2.24) is 14.8 Å². The number of nitrogens with one attached hydrogen (secondary N) is 1. The Balaban J connectivity index is 2.35. The summed E-state index contributed by atoms with van der Waals surface area (Å²) in [6.45, 7) is 7.73. The zero-order valence-corrected chi connectivity index (χ0v) is 11.6. The molecule has 1 heterocycles. The number of hydrogen-bond acceptors (Lipinski definition) is 3. The second-order valence-electron chi connectivity index (χ2n) is 4.97. The number of amides is 1. The highest BCUT2D eigenvalue weighted by Gasteiger charge is 2.12. The Bertz CT molecular complexity index is 564. The lowest BCUT2D eigenvalue weighted by Gasteiger charge is -2.15. The van der Waals surface area contributed by atoms with E-state index >= 15 is 0 Å². The summed E-state index contributed by atoms with van der Waals surface area (Å²) in [7, 11) is 0. The molecule has 0 saturated carbocycles. The van der Waals surface area contributed by atoms with Gasteiger partial charge >= 0.3 is 0 Å². The van der Waals surface area contributed by atoms with Gasteiger partial charge in [0.25, 0.3) is 0 Å². The van der Waals surface area contributed by atoms with Crippen molar-refractivity contribution in [1.29, 1.82) is 0 Å². The molecule has 0 radical (unpaired) electrons. The van der Waals surface area contributed by atoms with Crippen LogP contribution in [0.4, 0.5) is 5.69 Å². The fourth-order valence-electron chi connectivity index (χ4n) is 1.89. The maximum Gasteiger partial charge on any atom is 0.226 e. The standard InChI is InChI=1S/C14H18N4O/c1-9(2)14(19)17-13-10(3)5-12(6-11(13)4)18-7-15-16-8-18/h5-9H,1-4H3,(H,17,19). The molecule has 1 aromatic carbocycles. The van der Waals surface area contributed by atoms with E-state index in [1.165, 1.54) is 0 Å². The van der Waals surface area contributed by atoms with Crippen molar-refractivity contribution in [2.45, 2.75) is 27.7 Å². The first kappa shape index (κ1) is 13.3. The normalized spacial score (nSPS) is 10.8. The van der Waals surface area contributed by atoms with Crippen LogP contribution in [0.1, 0.15) is 25.0 Å². The summed E-state index contributed by atoms with van der Waals surface area (Å²) in [5.41, 5.74) is 3.92. The topological polar surface area (TPSA) is 59.8 Å². The molecule has 0 bridgehead atoms. The summed E-state index contributed by atoms with van der Waals surface area (Å²) in [5.74, 6) is -0.000396. The quantitative estimate of drug-likeness (QED) is 0.920. The van der Waals surface area contributed by atoms with Crippen molar-refractivity contribution < 1.29 is 4.79 Å². The minimum Gasteiger partial charge on any atom is -0.325 e. The molecule has 1 amide bonds. The maximum atomic E-state index is 11.8. The van der Waals surface area contributed by atoms with E-state index in [-0.39, 0.29) is 11.8 Å². The number of hydrogen-bond donors (Lipinski definition) is 1. The van der Waals surface area contributed by atoms with Gasteiger partial charge in [0.2, 0.25) is 5.91 Å². The van der Waals surface area contributed by atoms with Gasteiger partial charge in [-0.1, -0.05) is 13.8 Å². The zero-order valence-electron chi connectivity index (χ0n) is 11.6. The Morgan fingerprint density at radius 3 is 2.16 bits per heavy atom. The van der Waals surface area contributed by atoms with E-state index in [1.807, 2.05) is 44.4 Å². The lowest BCUT2D eigenvalue weighted by atomic mass is 10.1. The average molecular weight is 258 g/mol. The van der Waals surface area contributed by atoms with Crippen LogP contribution < -0.4 is 5.32 Å². The van der Waals surface area contributed by atoms with Gasteiger partial charge in [-0.05, 0) is 37.1 Å². The van der Waals surface area contributed by atoms with E-state index in [0.717, 1.165) is 22.5 Å². The summed E-state index contributed by atoms with van der Waals surface area (Å²) >= 11 is 0. The average Bonchev–Trinajstić information content (AvgIpc) is 2.86. The SMILES string of the molecule is Cc1cc(-n2cnnc2)cc(C)c1NC(=O)C(C)C. The first-order valence-electron chi connectivity index (χ1n) is 6.26. The van der Waals surface area contributed by atoms with Gasteiger partial charge < -0.3 is 5.32 Å². The van der Waals surface area contributed by atoms with Crippen LogP contribution in [0.2, 0.25) is 0 Å². The van der Waals surface area contributed by atoms with Crippen LogP contribution in [-0.2, 0) is 4.79 Å². The largest absolute Gasteiger partial charge is 0.325 e. The molecule has 2 rings (SSSR count). The van der Waals surface area contributed by atoms with Crippen LogP contribution in [0.25, 0.3) is 5.69 Å². The maximum absolute atomic E-state index is 11.8. The van der Waals surface area contributed by atoms with Gasteiger partial charge in [0.05, 0.1) is 0 Å². The molecular formula is C14H18N4O. The van der Waals surface area contributed by atoms with E-state index in [9.17, 15) is 4.79 Å². The molecule has 0 aliphatic rings. The molecule has 0 spiro atoms. The fraction of sp³-hybridized carbons (Fsp3) is 0.357. The summed E-state index contributed by atoms with van der Waals surface area (Å²) < 4.78 is 1.84. The van der Waals surface area contributed by atoms with Crippen LogP contribution in [-0.4, -0.2) is 20.7 Å². The number of nitrogens with zero attached hydrogens (tertiary/aromatic N) is 3. The van der Waals surface area contributed by atoms with Crippen molar-refractivity contribution >= 4 is 11.6 Å². The highest BCUT2D eigenvalue weighted by Crippen LogP contribution is 2.24. The molecule has 0 atom stereocenters. The molecule has 5 nitrogen and oxygen atoms in total. The molecule has 0 aliphatic carbocycles. The first-order valence-corrected chi connectivity index (χ1v) is 6.26. The predicted molar refractivity (Wildman–Crippen MR) is 74.3 cm³/mol. The molecular weight excluding hydrogens is 240 g/mol. The minimum absolute atomic E-state index is 0.0308. The van der Waals surface area contributed by atoms with Crippen LogP contribution in [0, 0.1) is 19.8 Å². The minimum atomic E-state index is -0.0312. The lowest BCUT2D eigenvalue weighted by molar-refractivity contribution is -0.118. The number of carbonyl (C=O) groups is 1. The van der Waals surface area contributed by atoms with Gasteiger partial charge in [-0.15, -0.1) is 10.2 Å². The van der Waals surface area contributed by atoms with Crippen molar-refractivity contribution in [3.63, 3.8) is 0 Å². The van der Waals surface area contributed by atoms with Crippen molar-refractivity contribution in [3.8, 4) is 5.69 Å². The molecule has 1 aromatic heterocycles. The Hall–Kier alpha value is -2.17. The Kier molecular flexibility index (Phi) is 3.64. The highest BCUT2D eigenvalue weighted by molar-refractivity contribution is 5.93. The Morgan fingerprint density at radius 2 is 1.68 bits per heavy atom. The third-order valence-electron chi connectivity index (χ3n) is 3.01. The summed E-state index contributed by atoms with van der Waals surface area (Å²) in [6, 6.07) is 4.01. The third-order valence-corrected chi connectivity index (χ3v) is 3.01. The molecule has 0 aliphatic heterocycles. The van der Waals surface area contributed by atoms with Gasteiger partial charge in [-0.25, -0.2) is 0 Å². The second-order valence-corrected chi connectivity index (χ2v) is 4.97. The van der Waals surface area contributed by atoms with Gasteiger partial charge in [0.15, 0.2) is 0 Å². The second kappa shape index (κ2) is 5.22. The summed E-state index contributed by atoms with van der Waals surface area (Å²) in [4.78, 5) is 11.8. The lowest BCUT2D eigenvalue weighted by Crippen LogP contribution is -2.19. The Labute approximate surface area is 112 Å². The van der Waals surface area contributed by atoms with Crippen LogP contribution in [0.15, 0.2) is 24.8 Å². The van der Waals surface area contributed by atoms with Crippen LogP contribution >= 0.6 is 0 Å². The van der Waals surface area contributed by atoms with Gasteiger partial charge in [-0.2, -0.15) is 0 Å². The number of aryl methyl sites for hydroxylation is 2. The molecule has 0 fully saturated rings. The fourth-order valence-corrected chi connectivity index (χ4v) is 1.89. The van der Waals surface area contributed by atoms with E-state index in [2.05, 4.69) is 15.5 Å². The van der Waals surface area contributed by atoms with E-state index in [4.69, 9.17) is 0 Å². The van der Waals surface area contributed by atoms with Crippen molar-refractivity contribution in [2.75, 3.05) is 5.32 Å². The number of carbonyl (C=O) groups excluding carboxylic acids is 1. The first-order chi connectivity index (χ1) is 8.99. The molecule has 2 aromatic rings. The number of anilines is 1. The zero-order chi connectivity index (χ0) is 14.0. The smallest absolute Gasteiger partial charge is 0.226 e. The molecule has 0 unspecified atom stereocenters. The Morgan fingerprint density at radius 1 is 1.16 bits per heavy atom. The highest BCUT2D eigenvalue weighted by atomic mass is 16.1. The van der Waals surface area contributed by atoms with Crippen molar-refractivity contribution in [3.05, 3.63) is 35.9 Å². The van der Waals surface area contributed by atoms with E-state index < -0.39 is 0 Å². The number of aromatic nitrogens is 3. The van der Waals surface area contributed by atoms with Gasteiger partial charge in [0, 0.05) is 17.3 Å². The summed E-state index contributed by atoms with van der Waals surface area (Å²) in [6.07, 6.45) is 3.31. The van der Waals surface area contributed by atoms with Gasteiger partial charge in [-0.3, -0.25) is 9.36 Å². The molecule has 5 heteroatoms. The monoisotopic (exact) mass is 258 g/mol. The molecule has 19 heavy (non-hydrogen) atoms. The predicted octanol–water partition coefficient (Wildman–Crippen LogP) is 2.48. The van der Waals surface area contributed by atoms with Crippen LogP contribution in [0.5, 0.6) is 0 Å².